The van der Waals surface area contributed by atoms with E-state index in [9.17, 15) is 4.79 Å². The van der Waals surface area contributed by atoms with Gasteiger partial charge in [0, 0.05) is 13.5 Å². The minimum Gasteiger partial charge on any atom is -0.338 e. The lowest BCUT2D eigenvalue weighted by molar-refractivity contribution is -0.130. The Hall–Kier alpha value is -1.43. The number of nitrogens with one attached hydrogen (secondary N) is 1. The summed E-state index contributed by atoms with van der Waals surface area (Å²) in [7, 11) is 1.76. The van der Waals surface area contributed by atoms with Crippen molar-refractivity contribution in [2.45, 2.75) is 26.3 Å². The molecule has 1 atom stereocenters. The summed E-state index contributed by atoms with van der Waals surface area (Å²) in [4.78, 5) is 17.3. The van der Waals surface area contributed by atoms with Crippen LogP contribution in [0.1, 0.15) is 25.6 Å². The molecule has 0 bridgehead atoms. The van der Waals surface area contributed by atoms with Crippen LogP contribution in [0.3, 0.4) is 0 Å². The van der Waals surface area contributed by atoms with E-state index in [2.05, 4.69) is 15.2 Å². The fourth-order valence-electron chi connectivity index (χ4n) is 1.30. The zero-order valence-corrected chi connectivity index (χ0v) is 9.81. The molecule has 1 aromatic heterocycles. The topological polar surface area (TPSA) is 87.9 Å². The van der Waals surface area contributed by atoms with Crippen LogP contribution in [-0.4, -0.2) is 39.6 Å². The zero-order valence-electron chi connectivity index (χ0n) is 9.81. The number of hydrogen-bond donors (Lipinski definition) is 2. The highest BCUT2D eigenvalue weighted by Gasteiger charge is 2.11. The summed E-state index contributed by atoms with van der Waals surface area (Å²) in [6.07, 6.45) is 2.79. The first-order valence-electron chi connectivity index (χ1n) is 5.41. The fourth-order valence-corrected chi connectivity index (χ4v) is 1.30. The monoisotopic (exact) mass is 225 g/mol. The van der Waals surface area contributed by atoms with Crippen LogP contribution >= 0.6 is 0 Å². The molecule has 0 aliphatic heterocycles. The Morgan fingerprint density at radius 2 is 2.44 bits per heavy atom. The highest BCUT2D eigenvalue weighted by Crippen LogP contribution is 2.06. The summed E-state index contributed by atoms with van der Waals surface area (Å²) >= 11 is 0. The first kappa shape index (κ1) is 12.6. The predicted octanol–water partition coefficient (Wildman–Crippen LogP) is 0.138. The number of H-pyrrole nitrogens is 1. The van der Waals surface area contributed by atoms with Gasteiger partial charge in [-0.05, 0) is 18.9 Å². The predicted molar refractivity (Wildman–Crippen MR) is 60.3 cm³/mol. The van der Waals surface area contributed by atoms with Gasteiger partial charge in [0.1, 0.15) is 12.2 Å². The summed E-state index contributed by atoms with van der Waals surface area (Å²) < 4.78 is 0. The molecular weight excluding hydrogens is 206 g/mol. The molecule has 0 fully saturated rings. The number of amides is 1. The standard InChI is InChI=1S/C10H19N5O/c1-8(5-11)3-4-10(16)15(2)6-9-12-7-13-14-9/h7-8H,3-6,11H2,1-2H3,(H,12,13,14). The van der Waals surface area contributed by atoms with Crippen molar-refractivity contribution in [2.24, 2.45) is 11.7 Å². The second-order valence-corrected chi connectivity index (χ2v) is 4.06. The van der Waals surface area contributed by atoms with Crippen molar-refractivity contribution in [3.8, 4) is 0 Å². The minimum absolute atomic E-state index is 0.108. The van der Waals surface area contributed by atoms with Gasteiger partial charge < -0.3 is 10.6 Å². The second kappa shape index (κ2) is 6.22. The Morgan fingerprint density at radius 1 is 1.69 bits per heavy atom. The van der Waals surface area contributed by atoms with Gasteiger partial charge in [0.2, 0.25) is 5.91 Å². The molecule has 0 saturated carbocycles. The largest absolute Gasteiger partial charge is 0.338 e. The smallest absolute Gasteiger partial charge is 0.222 e. The molecule has 6 nitrogen and oxygen atoms in total. The molecule has 0 aliphatic rings. The number of nitrogens with zero attached hydrogens (tertiary/aromatic N) is 3. The third-order valence-corrected chi connectivity index (χ3v) is 2.53. The lowest BCUT2D eigenvalue weighted by atomic mass is 10.1. The van der Waals surface area contributed by atoms with Gasteiger partial charge in [-0.25, -0.2) is 4.98 Å². The summed E-state index contributed by atoms with van der Waals surface area (Å²) in [6, 6.07) is 0. The lowest BCUT2D eigenvalue weighted by Gasteiger charge is -2.16. The number of rotatable bonds is 6. The van der Waals surface area contributed by atoms with Crippen molar-refractivity contribution >= 4 is 5.91 Å². The molecule has 6 heteroatoms. The van der Waals surface area contributed by atoms with Crippen molar-refractivity contribution in [2.75, 3.05) is 13.6 Å². The minimum atomic E-state index is 0.108. The number of carbonyl (C=O) groups is 1. The van der Waals surface area contributed by atoms with Crippen molar-refractivity contribution < 1.29 is 4.79 Å². The molecule has 16 heavy (non-hydrogen) atoms. The van der Waals surface area contributed by atoms with E-state index in [0.717, 1.165) is 6.42 Å². The SMILES string of the molecule is CC(CN)CCC(=O)N(C)Cc1ncn[nH]1. The highest BCUT2D eigenvalue weighted by atomic mass is 16.2. The van der Waals surface area contributed by atoms with E-state index >= 15 is 0 Å². The number of nitrogens with two attached hydrogens (primary N) is 1. The first-order chi connectivity index (χ1) is 7.63. The number of carbonyl (C=O) groups excluding carboxylic acids is 1. The summed E-state index contributed by atoms with van der Waals surface area (Å²) in [5, 5.41) is 6.46. The third-order valence-electron chi connectivity index (χ3n) is 2.53. The number of hydrogen-bond acceptors (Lipinski definition) is 4. The zero-order chi connectivity index (χ0) is 12.0. The van der Waals surface area contributed by atoms with Gasteiger partial charge in [-0.1, -0.05) is 6.92 Å². The van der Waals surface area contributed by atoms with Gasteiger partial charge in [-0.15, -0.1) is 0 Å². The van der Waals surface area contributed by atoms with E-state index in [1.165, 1.54) is 6.33 Å². The van der Waals surface area contributed by atoms with E-state index in [4.69, 9.17) is 5.73 Å². The van der Waals surface area contributed by atoms with Gasteiger partial charge in [-0.3, -0.25) is 9.89 Å². The average molecular weight is 225 g/mol. The van der Waals surface area contributed by atoms with Gasteiger partial charge >= 0.3 is 0 Å². The van der Waals surface area contributed by atoms with Gasteiger partial charge in [0.05, 0.1) is 6.54 Å². The van der Waals surface area contributed by atoms with Gasteiger partial charge in [-0.2, -0.15) is 5.10 Å². The number of aromatic amines is 1. The molecule has 0 spiro atoms. The summed E-state index contributed by atoms with van der Waals surface area (Å²) in [5.41, 5.74) is 5.50. The Bertz CT molecular complexity index is 311. The maximum atomic E-state index is 11.7. The Kier molecular flexibility index (Phi) is 4.91. The molecule has 1 heterocycles. The first-order valence-corrected chi connectivity index (χ1v) is 5.41. The van der Waals surface area contributed by atoms with Gasteiger partial charge in [0.15, 0.2) is 0 Å². The molecule has 3 N–H and O–H groups in total. The van der Waals surface area contributed by atoms with E-state index in [1.807, 2.05) is 6.92 Å². The normalized spacial score (nSPS) is 12.4. The van der Waals surface area contributed by atoms with Crippen molar-refractivity contribution in [1.29, 1.82) is 0 Å². The van der Waals surface area contributed by atoms with Gasteiger partial charge in [0.25, 0.3) is 0 Å². The molecule has 0 radical (unpaired) electrons. The maximum absolute atomic E-state index is 11.7. The molecule has 0 aromatic carbocycles. The summed E-state index contributed by atoms with van der Waals surface area (Å²) in [5.74, 6) is 1.20. The molecular formula is C10H19N5O. The van der Waals surface area contributed by atoms with E-state index < -0.39 is 0 Å². The fraction of sp³-hybridized carbons (Fsp3) is 0.700. The molecule has 90 valence electrons. The maximum Gasteiger partial charge on any atom is 0.222 e. The van der Waals surface area contributed by atoms with Crippen LogP contribution in [0.25, 0.3) is 0 Å². The van der Waals surface area contributed by atoms with E-state index in [0.29, 0.717) is 31.3 Å². The van der Waals surface area contributed by atoms with Crippen LogP contribution in [0.2, 0.25) is 0 Å². The molecule has 0 saturated heterocycles. The van der Waals surface area contributed by atoms with Crippen molar-refractivity contribution in [3.63, 3.8) is 0 Å². The molecule has 1 amide bonds. The van der Waals surface area contributed by atoms with E-state index in [1.54, 1.807) is 11.9 Å². The molecule has 0 aliphatic carbocycles. The lowest BCUT2D eigenvalue weighted by Crippen LogP contribution is -2.27. The van der Waals surface area contributed by atoms with Crippen LogP contribution in [0.4, 0.5) is 0 Å². The van der Waals surface area contributed by atoms with Crippen LogP contribution in [-0.2, 0) is 11.3 Å². The van der Waals surface area contributed by atoms with Crippen molar-refractivity contribution in [3.05, 3.63) is 12.2 Å². The molecule has 1 aromatic rings. The van der Waals surface area contributed by atoms with Crippen LogP contribution < -0.4 is 5.73 Å². The van der Waals surface area contributed by atoms with Crippen molar-refractivity contribution in [1.82, 2.24) is 20.1 Å². The third kappa shape index (κ3) is 3.98. The highest BCUT2D eigenvalue weighted by molar-refractivity contribution is 5.75. The average Bonchev–Trinajstić information content (AvgIpc) is 2.77. The van der Waals surface area contributed by atoms with Crippen LogP contribution in [0.5, 0.6) is 0 Å². The molecule has 1 unspecified atom stereocenters. The summed E-state index contributed by atoms with van der Waals surface area (Å²) in [6.45, 7) is 3.14. The number of aromatic nitrogens is 3. The quantitative estimate of drug-likeness (QED) is 0.720. The molecule has 1 rings (SSSR count). The Balaban J connectivity index is 2.31. The Morgan fingerprint density at radius 3 is 3.00 bits per heavy atom. The van der Waals surface area contributed by atoms with E-state index in [-0.39, 0.29) is 5.91 Å². The van der Waals surface area contributed by atoms with Crippen LogP contribution in [0.15, 0.2) is 6.33 Å². The second-order valence-electron chi connectivity index (χ2n) is 4.06. The Labute approximate surface area is 95.2 Å². The van der Waals surface area contributed by atoms with Crippen LogP contribution in [0, 0.1) is 5.92 Å².